The lowest BCUT2D eigenvalue weighted by atomic mass is 10.1. The Morgan fingerprint density at radius 1 is 1.17 bits per heavy atom. The molecule has 2 N–H and O–H groups in total. The van der Waals surface area contributed by atoms with Crippen molar-refractivity contribution in [3.8, 4) is 5.75 Å². The SMILES string of the molecule is O=C(NCCc1ccccc1O)c1ccncc1. The quantitative estimate of drug-likeness (QED) is 0.858. The third kappa shape index (κ3) is 3.07. The number of aromatic hydroxyl groups is 1. The predicted octanol–water partition coefficient (Wildman–Crippen LogP) is 1.76. The van der Waals surface area contributed by atoms with E-state index in [2.05, 4.69) is 10.3 Å². The lowest BCUT2D eigenvalue weighted by Gasteiger charge is -2.06. The van der Waals surface area contributed by atoms with Crippen LogP contribution in [0.1, 0.15) is 15.9 Å². The zero-order chi connectivity index (χ0) is 12.8. The van der Waals surface area contributed by atoms with E-state index in [4.69, 9.17) is 0 Å². The predicted molar refractivity (Wildman–Crippen MR) is 68.4 cm³/mol. The molecule has 1 aromatic carbocycles. The van der Waals surface area contributed by atoms with Crippen molar-refractivity contribution in [2.45, 2.75) is 6.42 Å². The number of para-hydroxylation sites is 1. The lowest BCUT2D eigenvalue weighted by Crippen LogP contribution is -2.25. The third-order valence-electron chi connectivity index (χ3n) is 2.61. The molecule has 4 nitrogen and oxygen atoms in total. The number of amides is 1. The van der Waals surface area contributed by atoms with Crippen LogP contribution >= 0.6 is 0 Å². The van der Waals surface area contributed by atoms with Crippen LogP contribution in [0.5, 0.6) is 5.75 Å². The summed E-state index contributed by atoms with van der Waals surface area (Å²) in [5.74, 6) is 0.128. The van der Waals surface area contributed by atoms with E-state index in [1.165, 1.54) is 0 Å². The summed E-state index contributed by atoms with van der Waals surface area (Å²) in [5, 5.41) is 12.4. The smallest absolute Gasteiger partial charge is 0.251 e. The number of hydrogen-bond acceptors (Lipinski definition) is 3. The summed E-state index contributed by atoms with van der Waals surface area (Å²) in [6, 6.07) is 10.4. The minimum Gasteiger partial charge on any atom is -0.508 e. The van der Waals surface area contributed by atoms with Crippen LogP contribution in [0.2, 0.25) is 0 Å². The molecule has 0 bridgehead atoms. The minimum absolute atomic E-state index is 0.132. The average molecular weight is 242 g/mol. The number of pyridine rings is 1. The number of carbonyl (C=O) groups excluding carboxylic acids is 1. The van der Waals surface area contributed by atoms with E-state index in [0.717, 1.165) is 5.56 Å². The Bertz CT molecular complexity index is 526. The molecule has 0 saturated carbocycles. The highest BCUT2D eigenvalue weighted by molar-refractivity contribution is 5.93. The Labute approximate surface area is 105 Å². The van der Waals surface area contributed by atoms with E-state index in [1.807, 2.05) is 12.1 Å². The summed E-state index contributed by atoms with van der Waals surface area (Å²) in [4.78, 5) is 15.6. The van der Waals surface area contributed by atoms with Crippen LogP contribution in [0.3, 0.4) is 0 Å². The maximum atomic E-state index is 11.7. The van der Waals surface area contributed by atoms with Gasteiger partial charge in [0.1, 0.15) is 5.75 Å². The van der Waals surface area contributed by atoms with Gasteiger partial charge >= 0.3 is 0 Å². The van der Waals surface area contributed by atoms with Crippen LogP contribution in [0.25, 0.3) is 0 Å². The molecule has 2 aromatic rings. The molecule has 0 aliphatic rings. The highest BCUT2D eigenvalue weighted by atomic mass is 16.3. The number of aromatic nitrogens is 1. The molecule has 2 rings (SSSR count). The van der Waals surface area contributed by atoms with Crippen LogP contribution < -0.4 is 5.32 Å². The fourth-order valence-corrected chi connectivity index (χ4v) is 1.64. The molecule has 0 saturated heterocycles. The second-order valence-corrected chi connectivity index (χ2v) is 3.87. The number of hydrogen-bond donors (Lipinski definition) is 2. The molecular formula is C14H14N2O2. The van der Waals surface area contributed by atoms with Crippen LogP contribution in [-0.4, -0.2) is 22.5 Å². The normalized spacial score (nSPS) is 10.0. The number of nitrogens with one attached hydrogen (secondary N) is 1. The van der Waals surface area contributed by atoms with Crippen LogP contribution in [0.15, 0.2) is 48.8 Å². The van der Waals surface area contributed by atoms with E-state index in [1.54, 1.807) is 36.7 Å². The zero-order valence-electron chi connectivity index (χ0n) is 9.84. The molecule has 92 valence electrons. The van der Waals surface area contributed by atoms with Gasteiger partial charge in [0.15, 0.2) is 0 Å². The fraction of sp³-hybridized carbons (Fsp3) is 0.143. The van der Waals surface area contributed by atoms with E-state index in [-0.39, 0.29) is 11.7 Å². The summed E-state index contributed by atoms with van der Waals surface area (Å²) in [5.41, 5.74) is 1.41. The van der Waals surface area contributed by atoms with Crippen molar-refractivity contribution in [1.29, 1.82) is 0 Å². The summed E-state index contributed by atoms with van der Waals surface area (Å²) >= 11 is 0. The van der Waals surface area contributed by atoms with Crippen LogP contribution in [0.4, 0.5) is 0 Å². The van der Waals surface area contributed by atoms with Gasteiger partial charge in [0.2, 0.25) is 0 Å². The van der Waals surface area contributed by atoms with Crippen molar-refractivity contribution >= 4 is 5.91 Å². The zero-order valence-corrected chi connectivity index (χ0v) is 9.84. The fourth-order valence-electron chi connectivity index (χ4n) is 1.64. The molecule has 0 aliphatic carbocycles. The summed E-state index contributed by atoms with van der Waals surface area (Å²) in [6.07, 6.45) is 3.76. The van der Waals surface area contributed by atoms with Crippen LogP contribution in [0, 0.1) is 0 Å². The molecular weight excluding hydrogens is 228 g/mol. The monoisotopic (exact) mass is 242 g/mol. The van der Waals surface area contributed by atoms with E-state index in [9.17, 15) is 9.90 Å². The topological polar surface area (TPSA) is 62.2 Å². The second-order valence-electron chi connectivity index (χ2n) is 3.87. The van der Waals surface area contributed by atoms with Gasteiger partial charge in [0.25, 0.3) is 5.91 Å². The number of benzene rings is 1. The Balaban J connectivity index is 1.86. The third-order valence-corrected chi connectivity index (χ3v) is 2.61. The highest BCUT2D eigenvalue weighted by Gasteiger charge is 2.04. The van der Waals surface area contributed by atoms with Crippen molar-refractivity contribution in [3.05, 3.63) is 59.9 Å². The highest BCUT2D eigenvalue weighted by Crippen LogP contribution is 2.15. The second kappa shape index (κ2) is 5.82. The van der Waals surface area contributed by atoms with Gasteiger partial charge in [-0.1, -0.05) is 18.2 Å². The number of phenols is 1. The minimum atomic E-state index is -0.132. The molecule has 0 spiro atoms. The summed E-state index contributed by atoms with van der Waals surface area (Å²) in [7, 11) is 0. The summed E-state index contributed by atoms with van der Waals surface area (Å²) < 4.78 is 0. The lowest BCUT2D eigenvalue weighted by molar-refractivity contribution is 0.0954. The Morgan fingerprint density at radius 2 is 1.89 bits per heavy atom. The Kier molecular flexibility index (Phi) is 3.91. The Morgan fingerprint density at radius 3 is 2.61 bits per heavy atom. The molecule has 1 aromatic heterocycles. The van der Waals surface area contributed by atoms with Gasteiger partial charge in [0.05, 0.1) is 0 Å². The van der Waals surface area contributed by atoms with Crippen molar-refractivity contribution < 1.29 is 9.90 Å². The molecule has 0 unspecified atom stereocenters. The van der Waals surface area contributed by atoms with E-state index >= 15 is 0 Å². The van der Waals surface area contributed by atoms with Crippen molar-refractivity contribution in [2.24, 2.45) is 0 Å². The maximum Gasteiger partial charge on any atom is 0.251 e. The van der Waals surface area contributed by atoms with Crippen molar-refractivity contribution in [2.75, 3.05) is 6.54 Å². The first kappa shape index (κ1) is 12.1. The standard InChI is InChI=1S/C14H14N2O2/c17-13-4-2-1-3-11(13)7-10-16-14(18)12-5-8-15-9-6-12/h1-6,8-9,17H,7,10H2,(H,16,18). The van der Waals surface area contributed by atoms with Crippen molar-refractivity contribution in [1.82, 2.24) is 10.3 Å². The van der Waals surface area contributed by atoms with E-state index in [0.29, 0.717) is 18.5 Å². The average Bonchev–Trinajstić information content (AvgIpc) is 2.42. The number of nitrogens with zero attached hydrogens (tertiary/aromatic N) is 1. The first-order valence-corrected chi connectivity index (χ1v) is 5.72. The first-order valence-electron chi connectivity index (χ1n) is 5.72. The van der Waals surface area contributed by atoms with Gasteiger partial charge < -0.3 is 10.4 Å². The number of phenolic OH excluding ortho intramolecular Hbond substituents is 1. The molecule has 1 amide bonds. The first-order chi connectivity index (χ1) is 8.77. The van der Waals surface area contributed by atoms with Gasteiger partial charge in [-0.05, 0) is 30.2 Å². The van der Waals surface area contributed by atoms with Gasteiger partial charge in [-0.3, -0.25) is 9.78 Å². The van der Waals surface area contributed by atoms with Gasteiger partial charge in [-0.25, -0.2) is 0 Å². The van der Waals surface area contributed by atoms with Gasteiger partial charge in [0, 0.05) is 24.5 Å². The van der Waals surface area contributed by atoms with Crippen LogP contribution in [-0.2, 0) is 6.42 Å². The molecule has 0 fully saturated rings. The van der Waals surface area contributed by atoms with Crippen molar-refractivity contribution in [3.63, 3.8) is 0 Å². The molecule has 0 atom stereocenters. The maximum absolute atomic E-state index is 11.7. The number of carbonyl (C=O) groups is 1. The van der Waals surface area contributed by atoms with E-state index < -0.39 is 0 Å². The molecule has 4 heteroatoms. The molecule has 0 radical (unpaired) electrons. The largest absolute Gasteiger partial charge is 0.508 e. The molecule has 18 heavy (non-hydrogen) atoms. The van der Waals surface area contributed by atoms with Gasteiger partial charge in [-0.15, -0.1) is 0 Å². The number of rotatable bonds is 4. The molecule has 1 heterocycles. The Hall–Kier alpha value is -2.36. The van der Waals surface area contributed by atoms with Gasteiger partial charge in [-0.2, -0.15) is 0 Å². The summed E-state index contributed by atoms with van der Waals surface area (Å²) in [6.45, 7) is 0.485. The molecule has 0 aliphatic heterocycles.